The zero-order chi connectivity index (χ0) is 20.4. The Balaban J connectivity index is 1.71. The largest absolute Gasteiger partial charge is 0.478 e. The van der Waals surface area contributed by atoms with Crippen molar-refractivity contribution in [3.8, 4) is 11.1 Å². The van der Waals surface area contributed by atoms with E-state index in [1.807, 2.05) is 48.5 Å². The van der Waals surface area contributed by atoms with Crippen LogP contribution in [0.5, 0.6) is 0 Å². The van der Waals surface area contributed by atoms with Crippen LogP contribution in [0.4, 0.5) is 5.69 Å². The second-order valence-electron chi connectivity index (χ2n) is 6.43. The maximum atomic E-state index is 13.1. The van der Waals surface area contributed by atoms with Gasteiger partial charge in [0.15, 0.2) is 0 Å². The van der Waals surface area contributed by atoms with Crippen molar-refractivity contribution < 1.29 is 19.5 Å². The Morgan fingerprint density at radius 1 is 0.828 bits per heavy atom. The molecule has 0 aliphatic heterocycles. The van der Waals surface area contributed by atoms with Gasteiger partial charge in [0, 0.05) is 23.0 Å². The highest BCUT2D eigenvalue weighted by Crippen LogP contribution is 2.28. The zero-order valence-corrected chi connectivity index (χ0v) is 15.2. The molecule has 0 radical (unpaired) electrons. The Kier molecular flexibility index (Phi) is 4.66. The smallest absolute Gasteiger partial charge is 0.335 e. The molecule has 29 heavy (non-hydrogen) atoms. The van der Waals surface area contributed by atoms with Crippen LogP contribution in [0.2, 0.25) is 0 Å². The maximum Gasteiger partial charge on any atom is 0.335 e. The highest BCUT2D eigenvalue weighted by molar-refractivity contribution is 6.47. The Labute approximate surface area is 166 Å². The number of hydrogen-bond acceptors (Lipinski definition) is 3. The average Bonchev–Trinajstić information content (AvgIpc) is 3.13. The number of carboxylic acid groups (broad SMARTS) is 1. The lowest BCUT2D eigenvalue weighted by atomic mass is 10.0. The van der Waals surface area contributed by atoms with Crippen LogP contribution in [0, 0.1) is 0 Å². The van der Waals surface area contributed by atoms with Crippen molar-refractivity contribution in [2.24, 2.45) is 0 Å². The molecule has 0 fully saturated rings. The number of benzene rings is 2. The van der Waals surface area contributed by atoms with Gasteiger partial charge >= 0.3 is 5.97 Å². The number of nitrogens with zero attached hydrogens (tertiary/aromatic N) is 1. The van der Waals surface area contributed by atoms with E-state index >= 15 is 0 Å². The first-order valence-electron chi connectivity index (χ1n) is 8.89. The minimum atomic E-state index is -1.06. The fourth-order valence-electron chi connectivity index (χ4n) is 3.18. The van der Waals surface area contributed by atoms with Crippen LogP contribution < -0.4 is 5.32 Å². The molecule has 4 rings (SSSR count). The highest BCUT2D eigenvalue weighted by Gasteiger charge is 2.24. The van der Waals surface area contributed by atoms with Crippen molar-refractivity contribution in [3.05, 3.63) is 96.3 Å². The predicted molar refractivity (Wildman–Crippen MR) is 109 cm³/mol. The molecule has 0 aliphatic rings. The van der Waals surface area contributed by atoms with Gasteiger partial charge in [0.25, 0.3) is 11.7 Å². The predicted octanol–water partition coefficient (Wildman–Crippen LogP) is 4.13. The Bertz CT molecular complexity index is 1220. The lowest BCUT2D eigenvalue weighted by Crippen LogP contribution is -2.24. The van der Waals surface area contributed by atoms with E-state index in [4.69, 9.17) is 5.11 Å². The molecule has 6 nitrogen and oxygen atoms in total. The van der Waals surface area contributed by atoms with Crippen molar-refractivity contribution >= 4 is 28.9 Å². The highest BCUT2D eigenvalue weighted by atomic mass is 16.4. The molecule has 2 N–H and O–H groups in total. The minimum Gasteiger partial charge on any atom is -0.478 e. The molecular weight excluding hydrogens is 368 g/mol. The number of amides is 1. The quantitative estimate of drug-likeness (QED) is 0.400. The van der Waals surface area contributed by atoms with Crippen molar-refractivity contribution in [1.29, 1.82) is 0 Å². The number of carbonyl (C=O) groups excluding carboxylic acids is 2. The summed E-state index contributed by atoms with van der Waals surface area (Å²) in [6.45, 7) is 0. The molecule has 6 heteroatoms. The molecule has 0 spiro atoms. The monoisotopic (exact) mass is 384 g/mol. The number of nitrogens with one attached hydrogen (secondary N) is 1. The molecule has 0 saturated carbocycles. The molecule has 142 valence electrons. The zero-order valence-electron chi connectivity index (χ0n) is 15.2. The van der Waals surface area contributed by atoms with Crippen LogP contribution in [-0.4, -0.2) is 27.2 Å². The molecule has 0 aliphatic carbocycles. The van der Waals surface area contributed by atoms with E-state index in [2.05, 4.69) is 5.32 Å². The van der Waals surface area contributed by atoms with E-state index in [1.165, 1.54) is 24.3 Å². The number of hydrogen-bond donors (Lipinski definition) is 2. The van der Waals surface area contributed by atoms with Gasteiger partial charge in [-0.1, -0.05) is 36.4 Å². The van der Waals surface area contributed by atoms with Gasteiger partial charge in [-0.3, -0.25) is 9.59 Å². The van der Waals surface area contributed by atoms with Gasteiger partial charge in [-0.2, -0.15) is 0 Å². The van der Waals surface area contributed by atoms with Gasteiger partial charge in [0.2, 0.25) is 0 Å². The third-order valence-electron chi connectivity index (χ3n) is 4.58. The van der Waals surface area contributed by atoms with Crippen LogP contribution >= 0.6 is 0 Å². The number of rotatable bonds is 5. The van der Waals surface area contributed by atoms with Gasteiger partial charge in [-0.15, -0.1) is 0 Å². The first-order chi connectivity index (χ1) is 14.0. The summed E-state index contributed by atoms with van der Waals surface area (Å²) in [6.07, 6.45) is 1.74. The summed E-state index contributed by atoms with van der Waals surface area (Å²) >= 11 is 0. The van der Waals surface area contributed by atoms with Crippen molar-refractivity contribution in [3.63, 3.8) is 0 Å². The number of carbonyl (C=O) groups is 3. The maximum absolute atomic E-state index is 13.1. The standard InChI is InChI=1S/C23H16N2O4/c26-21(22(27)24-17-11-9-16(10-12-17)23(28)29)20-19(15-6-2-1-3-7-15)14-18-8-4-5-13-25(18)20/h1-14H,(H,24,27)(H,28,29). The Hall–Kier alpha value is -4.19. The number of aromatic carboxylic acids is 1. The fraction of sp³-hybridized carbons (Fsp3) is 0. The third kappa shape index (κ3) is 3.51. The molecule has 2 heterocycles. The fourth-order valence-corrected chi connectivity index (χ4v) is 3.18. The van der Waals surface area contributed by atoms with Gasteiger partial charge in [-0.05, 0) is 48.0 Å². The first-order valence-corrected chi connectivity index (χ1v) is 8.89. The molecule has 0 bridgehead atoms. The van der Waals surface area contributed by atoms with Gasteiger partial charge in [0.1, 0.15) is 5.69 Å². The summed E-state index contributed by atoms with van der Waals surface area (Å²) in [6, 6.07) is 22.4. The molecule has 0 unspecified atom stereocenters. The number of pyridine rings is 1. The summed E-state index contributed by atoms with van der Waals surface area (Å²) in [7, 11) is 0. The van der Waals surface area contributed by atoms with Crippen molar-refractivity contribution in [1.82, 2.24) is 4.40 Å². The normalized spacial score (nSPS) is 10.6. The van der Waals surface area contributed by atoms with E-state index in [9.17, 15) is 14.4 Å². The average molecular weight is 384 g/mol. The summed E-state index contributed by atoms with van der Waals surface area (Å²) in [5, 5.41) is 11.5. The second-order valence-corrected chi connectivity index (χ2v) is 6.43. The van der Waals surface area contributed by atoms with E-state index < -0.39 is 17.7 Å². The summed E-state index contributed by atoms with van der Waals surface area (Å²) < 4.78 is 1.69. The van der Waals surface area contributed by atoms with Crippen LogP contribution in [-0.2, 0) is 4.79 Å². The molecule has 0 atom stereocenters. The van der Waals surface area contributed by atoms with Crippen LogP contribution in [0.3, 0.4) is 0 Å². The Morgan fingerprint density at radius 3 is 2.21 bits per heavy atom. The summed E-state index contributed by atoms with van der Waals surface area (Å²) in [5.41, 5.74) is 3.00. The summed E-state index contributed by atoms with van der Waals surface area (Å²) in [5.74, 6) is -2.54. The van der Waals surface area contributed by atoms with Crippen molar-refractivity contribution in [2.45, 2.75) is 0 Å². The first kappa shape index (κ1) is 18.2. The number of fused-ring (bicyclic) bond motifs is 1. The van der Waals surface area contributed by atoms with Crippen molar-refractivity contribution in [2.75, 3.05) is 5.32 Å². The van der Waals surface area contributed by atoms with E-state index in [0.29, 0.717) is 11.3 Å². The van der Waals surface area contributed by atoms with Gasteiger partial charge in [0.05, 0.1) is 5.56 Å². The van der Waals surface area contributed by atoms with Gasteiger partial charge < -0.3 is 14.8 Å². The SMILES string of the molecule is O=C(Nc1ccc(C(=O)O)cc1)C(=O)c1c(-c2ccccc2)cc2ccccn12. The summed E-state index contributed by atoms with van der Waals surface area (Å²) in [4.78, 5) is 36.7. The van der Waals surface area contributed by atoms with Crippen LogP contribution in [0.25, 0.3) is 16.6 Å². The number of aromatic nitrogens is 1. The van der Waals surface area contributed by atoms with Crippen LogP contribution in [0.1, 0.15) is 20.8 Å². The topological polar surface area (TPSA) is 87.9 Å². The second kappa shape index (κ2) is 7.44. The number of anilines is 1. The van der Waals surface area contributed by atoms with E-state index in [1.54, 1.807) is 16.7 Å². The third-order valence-corrected chi connectivity index (χ3v) is 4.58. The Morgan fingerprint density at radius 2 is 1.52 bits per heavy atom. The van der Waals surface area contributed by atoms with E-state index in [0.717, 1.165) is 11.1 Å². The van der Waals surface area contributed by atoms with Gasteiger partial charge in [-0.25, -0.2) is 4.79 Å². The number of Topliss-reactive ketones (excluding diaryl/α,β-unsaturated/α-hetero) is 1. The molecular formula is C23H16N2O4. The number of ketones is 1. The molecule has 2 aromatic carbocycles. The van der Waals surface area contributed by atoms with Crippen LogP contribution in [0.15, 0.2) is 85.1 Å². The lowest BCUT2D eigenvalue weighted by Gasteiger charge is -2.08. The lowest BCUT2D eigenvalue weighted by molar-refractivity contribution is -0.112. The molecule has 0 saturated heterocycles. The number of carboxylic acids is 1. The molecule has 4 aromatic rings. The van der Waals surface area contributed by atoms with E-state index in [-0.39, 0.29) is 11.3 Å². The minimum absolute atomic E-state index is 0.0956. The molecule has 2 aromatic heterocycles. The molecule has 1 amide bonds.